The quantitative estimate of drug-likeness (QED) is 0.900. The fraction of sp³-hybridized carbons (Fsp3) is 0.500. The van der Waals surface area contributed by atoms with E-state index >= 15 is 0 Å². The van der Waals surface area contributed by atoms with E-state index in [1.807, 2.05) is 0 Å². The highest BCUT2D eigenvalue weighted by Crippen LogP contribution is 2.35. The average molecular weight is 301 g/mol. The molecule has 116 valence electrons. The highest BCUT2D eigenvalue weighted by atomic mass is 19.4. The van der Waals surface area contributed by atoms with Crippen LogP contribution in [0.15, 0.2) is 18.2 Å². The number of anilines is 2. The summed E-state index contributed by atoms with van der Waals surface area (Å²) in [6.45, 7) is 1.31. The van der Waals surface area contributed by atoms with Crippen LogP contribution < -0.4 is 15.5 Å². The van der Waals surface area contributed by atoms with E-state index in [1.54, 1.807) is 19.0 Å². The molecule has 1 aromatic carbocycles. The van der Waals surface area contributed by atoms with Gasteiger partial charge in [0.2, 0.25) is 5.91 Å². The van der Waals surface area contributed by atoms with Crippen LogP contribution in [0, 0.1) is 5.92 Å². The average Bonchev–Trinajstić information content (AvgIpc) is 2.91. The van der Waals surface area contributed by atoms with Crippen molar-refractivity contribution in [3.8, 4) is 0 Å². The van der Waals surface area contributed by atoms with E-state index in [1.165, 1.54) is 6.07 Å². The molecule has 1 heterocycles. The molecule has 0 spiro atoms. The second-order valence-corrected chi connectivity index (χ2v) is 5.30. The fourth-order valence-electron chi connectivity index (χ4n) is 2.32. The molecule has 0 aromatic heterocycles. The molecule has 2 rings (SSSR count). The Kier molecular flexibility index (Phi) is 4.41. The van der Waals surface area contributed by atoms with Crippen LogP contribution in [0.4, 0.5) is 24.5 Å². The Morgan fingerprint density at radius 2 is 2.10 bits per heavy atom. The van der Waals surface area contributed by atoms with Gasteiger partial charge in [0.1, 0.15) is 0 Å². The van der Waals surface area contributed by atoms with Crippen LogP contribution in [-0.2, 0) is 11.0 Å². The van der Waals surface area contributed by atoms with E-state index in [0.29, 0.717) is 18.7 Å². The summed E-state index contributed by atoms with van der Waals surface area (Å²) >= 11 is 0. The minimum absolute atomic E-state index is 0.187. The van der Waals surface area contributed by atoms with Crippen LogP contribution in [-0.4, -0.2) is 33.1 Å². The third-order valence-corrected chi connectivity index (χ3v) is 3.49. The molecule has 1 aliphatic heterocycles. The minimum atomic E-state index is -4.43. The Morgan fingerprint density at radius 1 is 1.38 bits per heavy atom. The lowest BCUT2D eigenvalue weighted by Gasteiger charge is -2.20. The maximum atomic E-state index is 12.8. The summed E-state index contributed by atoms with van der Waals surface area (Å²) in [7, 11) is 3.44. The number of hydrogen-bond donors (Lipinski definition) is 2. The van der Waals surface area contributed by atoms with Gasteiger partial charge in [-0.15, -0.1) is 0 Å². The van der Waals surface area contributed by atoms with Crippen molar-refractivity contribution in [2.24, 2.45) is 5.92 Å². The number of rotatable bonds is 3. The molecule has 1 unspecified atom stereocenters. The normalized spacial score (nSPS) is 18.6. The summed E-state index contributed by atoms with van der Waals surface area (Å²) in [5.41, 5.74) is -0.0398. The predicted molar refractivity (Wildman–Crippen MR) is 75.4 cm³/mol. The van der Waals surface area contributed by atoms with Crippen LogP contribution in [0.25, 0.3) is 0 Å². The first-order valence-electron chi connectivity index (χ1n) is 6.69. The molecule has 1 saturated heterocycles. The van der Waals surface area contributed by atoms with Gasteiger partial charge in [0.05, 0.1) is 22.9 Å². The number of carbonyl (C=O) groups is 1. The molecule has 1 aliphatic rings. The first kappa shape index (κ1) is 15.6. The van der Waals surface area contributed by atoms with E-state index < -0.39 is 11.7 Å². The third-order valence-electron chi connectivity index (χ3n) is 3.49. The zero-order valence-electron chi connectivity index (χ0n) is 11.9. The predicted octanol–water partition coefficient (Wildman–Crippen LogP) is 2.32. The van der Waals surface area contributed by atoms with E-state index in [2.05, 4.69) is 10.6 Å². The monoisotopic (exact) mass is 301 g/mol. The Balaban J connectivity index is 2.28. The molecular formula is C14H18F3N3O. The van der Waals surface area contributed by atoms with E-state index in [0.717, 1.165) is 18.7 Å². The Bertz CT molecular complexity index is 523. The van der Waals surface area contributed by atoms with E-state index in [9.17, 15) is 18.0 Å². The molecule has 0 aliphatic carbocycles. The molecule has 1 amide bonds. The van der Waals surface area contributed by atoms with Crippen molar-refractivity contribution in [1.29, 1.82) is 0 Å². The largest absolute Gasteiger partial charge is 0.416 e. The van der Waals surface area contributed by atoms with Crippen LogP contribution >= 0.6 is 0 Å². The molecule has 0 radical (unpaired) electrons. The Labute approximate surface area is 121 Å². The highest BCUT2D eigenvalue weighted by molar-refractivity contribution is 5.96. The van der Waals surface area contributed by atoms with Crippen molar-refractivity contribution in [3.05, 3.63) is 23.8 Å². The Hall–Kier alpha value is -1.76. The first-order valence-corrected chi connectivity index (χ1v) is 6.69. The summed E-state index contributed by atoms with van der Waals surface area (Å²) in [4.78, 5) is 13.8. The van der Waals surface area contributed by atoms with Gasteiger partial charge in [-0.3, -0.25) is 4.79 Å². The van der Waals surface area contributed by atoms with Crippen molar-refractivity contribution in [2.75, 3.05) is 37.4 Å². The maximum Gasteiger partial charge on any atom is 0.416 e. The van der Waals surface area contributed by atoms with E-state index in [4.69, 9.17) is 0 Å². The lowest BCUT2D eigenvalue weighted by Crippen LogP contribution is -2.26. The van der Waals surface area contributed by atoms with Gasteiger partial charge in [-0.05, 0) is 31.2 Å². The van der Waals surface area contributed by atoms with Crippen molar-refractivity contribution in [1.82, 2.24) is 5.32 Å². The number of hydrogen-bond acceptors (Lipinski definition) is 3. The molecule has 21 heavy (non-hydrogen) atoms. The van der Waals surface area contributed by atoms with Crippen molar-refractivity contribution in [2.45, 2.75) is 12.6 Å². The lowest BCUT2D eigenvalue weighted by atomic mass is 10.1. The second kappa shape index (κ2) is 5.93. The van der Waals surface area contributed by atoms with Gasteiger partial charge in [0.25, 0.3) is 0 Å². The summed E-state index contributed by atoms with van der Waals surface area (Å²) < 4.78 is 38.4. The SMILES string of the molecule is CN(C)c1ccc(C(F)(F)F)cc1NC(=O)C1CCNC1. The number of amides is 1. The first-order chi connectivity index (χ1) is 9.79. The standard InChI is InChI=1S/C14H18F3N3O/c1-20(2)12-4-3-10(14(15,16)17)7-11(12)19-13(21)9-5-6-18-8-9/h3-4,7,9,18H,5-6,8H2,1-2H3,(H,19,21). The van der Waals surface area contributed by atoms with Crippen molar-refractivity contribution in [3.63, 3.8) is 0 Å². The number of nitrogens with one attached hydrogen (secondary N) is 2. The molecule has 4 nitrogen and oxygen atoms in total. The van der Waals surface area contributed by atoms with Crippen LogP contribution in [0.3, 0.4) is 0 Å². The summed E-state index contributed by atoms with van der Waals surface area (Å²) in [6.07, 6.45) is -3.73. The zero-order valence-corrected chi connectivity index (χ0v) is 11.9. The van der Waals surface area contributed by atoms with Crippen molar-refractivity contribution >= 4 is 17.3 Å². The number of benzene rings is 1. The highest BCUT2D eigenvalue weighted by Gasteiger charge is 2.32. The molecule has 0 bridgehead atoms. The van der Waals surface area contributed by atoms with Crippen LogP contribution in [0.2, 0.25) is 0 Å². The van der Waals surface area contributed by atoms with Gasteiger partial charge in [-0.25, -0.2) is 0 Å². The minimum Gasteiger partial charge on any atom is -0.376 e. The van der Waals surface area contributed by atoms with Crippen LogP contribution in [0.5, 0.6) is 0 Å². The van der Waals surface area contributed by atoms with Crippen molar-refractivity contribution < 1.29 is 18.0 Å². The van der Waals surface area contributed by atoms with Gasteiger partial charge < -0.3 is 15.5 Å². The van der Waals surface area contributed by atoms with Gasteiger partial charge in [0, 0.05) is 20.6 Å². The molecule has 1 aromatic rings. The van der Waals surface area contributed by atoms with Gasteiger partial charge in [-0.2, -0.15) is 13.2 Å². The Morgan fingerprint density at radius 3 is 2.62 bits per heavy atom. The van der Waals surface area contributed by atoms with Gasteiger partial charge in [0.15, 0.2) is 0 Å². The molecule has 0 saturated carbocycles. The van der Waals surface area contributed by atoms with Crippen LogP contribution in [0.1, 0.15) is 12.0 Å². The molecule has 7 heteroatoms. The molecular weight excluding hydrogens is 283 g/mol. The number of nitrogens with zero attached hydrogens (tertiary/aromatic N) is 1. The fourth-order valence-corrected chi connectivity index (χ4v) is 2.32. The molecule has 1 fully saturated rings. The van der Waals surface area contributed by atoms with Gasteiger partial charge >= 0.3 is 6.18 Å². The number of carbonyl (C=O) groups excluding carboxylic acids is 1. The summed E-state index contributed by atoms with van der Waals surface area (Å²) in [6, 6.07) is 3.36. The number of alkyl halides is 3. The van der Waals surface area contributed by atoms with Gasteiger partial charge in [-0.1, -0.05) is 0 Å². The smallest absolute Gasteiger partial charge is 0.376 e. The lowest BCUT2D eigenvalue weighted by molar-refractivity contribution is -0.137. The topological polar surface area (TPSA) is 44.4 Å². The summed E-state index contributed by atoms with van der Waals surface area (Å²) in [5.74, 6) is -0.447. The second-order valence-electron chi connectivity index (χ2n) is 5.30. The molecule has 1 atom stereocenters. The van der Waals surface area contributed by atoms with E-state index in [-0.39, 0.29) is 17.5 Å². The zero-order chi connectivity index (χ0) is 15.6. The third kappa shape index (κ3) is 3.66. The maximum absolute atomic E-state index is 12.8. The summed E-state index contributed by atoms with van der Waals surface area (Å²) in [5, 5.41) is 5.69. The number of halogens is 3. The molecule has 2 N–H and O–H groups in total.